The Morgan fingerprint density at radius 2 is 1.90 bits per heavy atom. The average molecular weight is 275 g/mol. The highest BCUT2D eigenvalue weighted by molar-refractivity contribution is 5.50. The highest BCUT2D eigenvalue weighted by Gasteiger charge is 2.10. The van der Waals surface area contributed by atoms with Crippen LogP contribution in [0.5, 0.6) is 0 Å². The molecule has 0 aromatic heterocycles. The maximum atomic E-state index is 13.7. The lowest BCUT2D eigenvalue weighted by molar-refractivity contribution is -0.385. The Balaban J connectivity index is 2.13. The van der Waals surface area contributed by atoms with Gasteiger partial charge in [0.05, 0.1) is 16.7 Å². The smallest absolute Gasteiger partial charge is 0.272 e. The summed E-state index contributed by atoms with van der Waals surface area (Å²) in [7, 11) is 0. The number of hydrogen-bond acceptors (Lipinski definition) is 4. The summed E-state index contributed by atoms with van der Waals surface area (Å²) in [6, 6.07) is 11.1. The Morgan fingerprint density at radius 1 is 1.20 bits per heavy atom. The zero-order chi connectivity index (χ0) is 14.5. The predicted molar refractivity (Wildman–Crippen MR) is 74.7 cm³/mol. The molecule has 0 unspecified atom stereocenters. The van der Waals surface area contributed by atoms with E-state index in [-0.39, 0.29) is 11.4 Å². The number of nitrogens with zero attached hydrogens (tertiary/aromatic N) is 1. The van der Waals surface area contributed by atoms with Gasteiger partial charge in [-0.15, -0.1) is 0 Å². The molecule has 5 nitrogen and oxygen atoms in total. The number of anilines is 1. The van der Waals surface area contributed by atoms with Crippen LogP contribution in [0, 0.1) is 15.9 Å². The molecule has 2 rings (SSSR count). The fraction of sp³-hybridized carbons (Fsp3) is 0.143. The number of halogens is 1. The molecule has 104 valence electrons. The van der Waals surface area contributed by atoms with Gasteiger partial charge in [-0.1, -0.05) is 24.3 Å². The van der Waals surface area contributed by atoms with Crippen LogP contribution in [-0.4, -0.2) is 4.92 Å². The normalized spacial score (nSPS) is 10.3. The average Bonchev–Trinajstić information content (AvgIpc) is 2.46. The van der Waals surface area contributed by atoms with E-state index in [0.717, 1.165) is 17.2 Å². The molecule has 0 atom stereocenters. The second-order valence-corrected chi connectivity index (χ2v) is 4.25. The standard InChI is InChI=1S/C14H14FN3O2/c15-13-7-12(18(19)20)5-6-14(13)17-9-11-4-2-1-3-10(11)8-16/h1-7,17H,8-9,16H2. The van der Waals surface area contributed by atoms with Crippen molar-refractivity contribution in [3.63, 3.8) is 0 Å². The molecule has 0 amide bonds. The summed E-state index contributed by atoms with van der Waals surface area (Å²) >= 11 is 0. The van der Waals surface area contributed by atoms with Crippen molar-refractivity contribution in [3.05, 3.63) is 69.5 Å². The summed E-state index contributed by atoms with van der Waals surface area (Å²) in [4.78, 5) is 9.90. The number of nitro groups is 1. The maximum Gasteiger partial charge on any atom is 0.272 e. The first-order chi connectivity index (χ1) is 9.61. The van der Waals surface area contributed by atoms with Crippen molar-refractivity contribution >= 4 is 11.4 Å². The quantitative estimate of drug-likeness (QED) is 0.649. The lowest BCUT2D eigenvalue weighted by atomic mass is 10.1. The highest BCUT2D eigenvalue weighted by atomic mass is 19.1. The molecule has 2 aromatic rings. The molecular formula is C14H14FN3O2. The molecule has 0 fully saturated rings. The number of nitro benzene ring substituents is 1. The van der Waals surface area contributed by atoms with Crippen LogP contribution in [0.3, 0.4) is 0 Å². The van der Waals surface area contributed by atoms with E-state index >= 15 is 0 Å². The summed E-state index contributed by atoms with van der Waals surface area (Å²) in [6.07, 6.45) is 0. The van der Waals surface area contributed by atoms with Gasteiger partial charge in [-0.3, -0.25) is 10.1 Å². The minimum absolute atomic E-state index is 0.224. The van der Waals surface area contributed by atoms with Crippen molar-refractivity contribution in [2.45, 2.75) is 13.1 Å². The van der Waals surface area contributed by atoms with Gasteiger partial charge in [-0.2, -0.15) is 0 Å². The molecule has 0 heterocycles. The van der Waals surface area contributed by atoms with E-state index in [1.807, 2.05) is 24.3 Å². The molecule has 0 saturated heterocycles. The van der Waals surface area contributed by atoms with Crippen molar-refractivity contribution in [2.75, 3.05) is 5.32 Å². The number of rotatable bonds is 5. The second-order valence-electron chi connectivity index (χ2n) is 4.25. The van der Waals surface area contributed by atoms with E-state index in [1.165, 1.54) is 12.1 Å². The third kappa shape index (κ3) is 3.10. The molecule has 0 spiro atoms. The van der Waals surface area contributed by atoms with Crippen molar-refractivity contribution in [2.24, 2.45) is 5.73 Å². The molecule has 0 aliphatic heterocycles. The van der Waals surface area contributed by atoms with E-state index in [2.05, 4.69) is 5.32 Å². The van der Waals surface area contributed by atoms with Gasteiger partial charge in [-0.25, -0.2) is 4.39 Å². The number of hydrogen-bond donors (Lipinski definition) is 2. The first-order valence-electron chi connectivity index (χ1n) is 6.06. The number of benzene rings is 2. The van der Waals surface area contributed by atoms with Crippen LogP contribution in [0.25, 0.3) is 0 Å². The number of nitrogens with two attached hydrogens (primary N) is 1. The molecule has 0 aliphatic carbocycles. The molecule has 2 aromatic carbocycles. The second kappa shape index (κ2) is 6.12. The summed E-state index contributed by atoms with van der Waals surface area (Å²) in [6.45, 7) is 0.808. The largest absolute Gasteiger partial charge is 0.379 e. The zero-order valence-corrected chi connectivity index (χ0v) is 10.7. The van der Waals surface area contributed by atoms with Gasteiger partial charge in [0.25, 0.3) is 5.69 Å². The van der Waals surface area contributed by atoms with Gasteiger partial charge >= 0.3 is 0 Å². The van der Waals surface area contributed by atoms with Crippen LogP contribution in [0.2, 0.25) is 0 Å². The minimum Gasteiger partial charge on any atom is -0.379 e. The van der Waals surface area contributed by atoms with Crippen LogP contribution >= 0.6 is 0 Å². The SMILES string of the molecule is NCc1ccccc1CNc1ccc([N+](=O)[O-])cc1F. The molecule has 0 radical (unpaired) electrons. The van der Waals surface area contributed by atoms with Crippen molar-refractivity contribution in [1.82, 2.24) is 0 Å². The Bertz CT molecular complexity index is 632. The van der Waals surface area contributed by atoms with Crippen LogP contribution in [0.1, 0.15) is 11.1 Å². The molecule has 0 aliphatic rings. The van der Waals surface area contributed by atoms with Crippen LogP contribution in [-0.2, 0) is 13.1 Å². The van der Waals surface area contributed by atoms with Gasteiger partial charge in [-0.05, 0) is 17.2 Å². The van der Waals surface area contributed by atoms with Gasteiger partial charge in [0, 0.05) is 19.2 Å². The lowest BCUT2D eigenvalue weighted by Gasteiger charge is -2.10. The molecule has 6 heteroatoms. The monoisotopic (exact) mass is 275 g/mol. The fourth-order valence-electron chi connectivity index (χ4n) is 1.88. The van der Waals surface area contributed by atoms with Gasteiger partial charge in [0.1, 0.15) is 0 Å². The first-order valence-corrected chi connectivity index (χ1v) is 6.06. The Morgan fingerprint density at radius 3 is 2.50 bits per heavy atom. The molecule has 20 heavy (non-hydrogen) atoms. The summed E-state index contributed by atoms with van der Waals surface area (Å²) in [5, 5.41) is 13.4. The Labute approximate surface area is 115 Å². The molecular weight excluding hydrogens is 261 g/mol. The van der Waals surface area contributed by atoms with E-state index in [4.69, 9.17) is 5.73 Å². The summed E-state index contributed by atoms with van der Waals surface area (Å²) < 4.78 is 13.7. The van der Waals surface area contributed by atoms with Gasteiger partial charge < -0.3 is 11.1 Å². The number of nitrogens with one attached hydrogen (secondary N) is 1. The Hall–Kier alpha value is -2.47. The maximum absolute atomic E-state index is 13.7. The Kier molecular flexibility index (Phi) is 4.27. The molecule has 0 bridgehead atoms. The van der Waals surface area contributed by atoms with E-state index in [9.17, 15) is 14.5 Å². The zero-order valence-electron chi connectivity index (χ0n) is 10.7. The third-order valence-corrected chi connectivity index (χ3v) is 2.97. The fourth-order valence-corrected chi connectivity index (χ4v) is 1.88. The first kappa shape index (κ1) is 14.0. The third-order valence-electron chi connectivity index (χ3n) is 2.97. The van der Waals surface area contributed by atoms with E-state index < -0.39 is 10.7 Å². The van der Waals surface area contributed by atoms with E-state index in [0.29, 0.717) is 13.1 Å². The van der Waals surface area contributed by atoms with E-state index in [1.54, 1.807) is 0 Å². The topological polar surface area (TPSA) is 81.2 Å². The van der Waals surface area contributed by atoms with Crippen molar-refractivity contribution < 1.29 is 9.31 Å². The van der Waals surface area contributed by atoms with Crippen LogP contribution in [0.4, 0.5) is 15.8 Å². The lowest BCUT2D eigenvalue weighted by Crippen LogP contribution is -2.07. The summed E-state index contributed by atoms with van der Waals surface area (Å²) in [5.74, 6) is -0.649. The van der Waals surface area contributed by atoms with Gasteiger partial charge in [0.15, 0.2) is 5.82 Å². The molecule has 3 N–H and O–H groups in total. The van der Waals surface area contributed by atoms with Crippen LogP contribution < -0.4 is 11.1 Å². The predicted octanol–water partition coefficient (Wildman–Crippen LogP) is 2.80. The van der Waals surface area contributed by atoms with Crippen LogP contribution in [0.15, 0.2) is 42.5 Å². The van der Waals surface area contributed by atoms with Crippen molar-refractivity contribution in [3.8, 4) is 0 Å². The van der Waals surface area contributed by atoms with Gasteiger partial charge in [0.2, 0.25) is 0 Å². The molecule has 0 saturated carbocycles. The van der Waals surface area contributed by atoms with Crippen molar-refractivity contribution in [1.29, 1.82) is 0 Å². The highest BCUT2D eigenvalue weighted by Crippen LogP contribution is 2.21. The minimum atomic E-state index is -0.649. The number of non-ortho nitro benzene ring substituents is 1. The summed E-state index contributed by atoms with van der Waals surface area (Å²) in [5.41, 5.74) is 7.52.